The van der Waals surface area contributed by atoms with Gasteiger partial charge in [-0.25, -0.2) is 4.98 Å². The van der Waals surface area contributed by atoms with Gasteiger partial charge >= 0.3 is 10.1 Å². The van der Waals surface area contributed by atoms with E-state index in [9.17, 15) is 18.5 Å². The quantitative estimate of drug-likeness (QED) is 0.383. The van der Waals surface area contributed by atoms with Crippen LogP contribution >= 0.6 is 0 Å². The number of aryl methyl sites for hydroxylation is 1. The number of para-hydroxylation sites is 1. The lowest BCUT2D eigenvalue weighted by atomic mass is 10.2. The van der Waals surface area contributed by atoms with Gasteiger partial charge < -0.3 is 8.92 Å². The highest BCUT2D eigenvalue weighted by molar-refractivity contribution is 7.87. The second kappa shape index (κ2) is 6.60. The van der Waals surface area contributed by atoms with Gasteiger partial charge in [0.05, 0.1) is 18.1 Å². The Morgan fingerprint density at radius 2 is 1.85 bits per heavy atom. The van der Waals surface area contributed by atoms with Gasteiger partial charge in [-0.05, 0) is 25.1 Å². The maximum atomic E-state index is 12.7. The zero-order valence-electron chi connectivity index (χ0n) is 13.9. The fourth-order valence-electron chi connectivity index (χ4n) is 2.42. The molecule has 3 rings (SSSR count). The summed E-state index contributed by atoms with van der Waals surface area (Å²) in [6, 6.07) is 11.7. The molecule has 2 aromatic carbocycles. The first-order valence-electron chi connectivity index (χ1n) is 7.45. The molecular formula is C17H14N2O6S. The topological polar surface area (TPSA) is 109 Å². The van der Waals surface area contributed by atoms with E-state index in [1.54, 1.807) is 25.1 Å². The number of benzene rings is 2. The van der Waals surface area contributed by atoms with Crippen LogP contribution in [-0.4, -0.2) is 25.4 Å². The summed E-state index contributed by atoms with van der Waals surface area (Å²) >= 11 is 0. The molecule has 0 saturated carbocycles. The van der Waals surface area contributed by atoms with Crippen molar-refractivity contribution in [3.63, 3.8) is 0 Å². The third-order valence-electron chi connectivity index (χ3n) is 3.65. The molecule has 0 aliphatic carbocycles. The Hall–Kier alpha value is -3.20. The summed E-state index contributed by atoms with van der Waals surface area (Å²) in [6.45, 7) is 1.78. The van der Waals surface area contributed by atoms with E-state index in [2.05, 4.69) is 4.98 Å². The Labute approximate surface area is 149 Å². The fraction of sp³-hybridized carbons (Fsp3) is 0.118. The van der Waals surface area contributed by atoms with Gasteiger partial charge in [0, 0.05) is 17.1 Å². The molecule has 0 fully saturated rings. The molecule has 1 aromatic heterocycles. The van der Waals surface area contributed by atoms with Crippen LogP contribution < -0.4 is 8.92 Å². The number of non-ortho nitro benzene ring substituents is 1. The van der Waals surface area contributed by atoms with E-state index in [4.69, 9.17) is 8.92 Å². The highest BCUT2D eigenvalue weighted by Gasteiger charge is 2.25. The van der Waals surface area contributed by atoms with Crippen LogP contribution in [0.15, 0.2) is 53.4 Å². The summed E-state index contributed by atoms with van der Waals surface area (Å²) in [5.41, 5.74) is 0.819. The van der Waals surface area contributed by atoms with Gasteiger partial charge in [-0.1, -0.05) is 18.2 Å². The monoisotopic (exact) mass is 374 g/mol. The molecule has 0 unspecified atom stereocenters. The lowest BCUT2D eigenvalue weighted by Crippen LogP contribution is -2.12. The first kappa shape index (κ1) is 17.6. The van der Waals surface area contributed by atoms with E-state index in [-0.39, 0.29) is 22.1 Å². The van der Waals surface area contributed by atoms with Crippen molar-refractivity contribution in [3.05, 3.63) is 64.3 Å². The number of hydrogen-bond acceptors (Lipinski definition) is 7. The molecule has 3 aromatic rings. The van der Waals surface area contributed by atoms with Crippen molar-refractivity contribution in [1.29, 1.82) is 0 Å². The highest BCUT2D eigenvalue weighted by Crippen LogP contribution is 2.32. The van der Waals surface area contributed by atoms with Crippen LogP contribution in [0.2, 0.25) is 0 Å². The molecule has 9 heteroatoms. The number of methoxy groups -OCH3 is 1. The van der Waals surface area contributed by atoms with E-state index >= 15 is 0 Å². The third-order valence-corrected chi connectivity index (χ3v) is 4.92. The van der Waals surface area contributed by atoms with Crippen LogP contribution in [0.4, 0.5) is 5.69 Å². The number of rotatable bonds is 5. The molecular weight excluding hydrogens is 360 g/mol. The smallest absolute Gasteiger partial charge is 0.343 e. The van der Waals surface area contributed by atoms with Gasteiger partial charge in [0.25, 0.3) is 5.69 Å². The Morgan fingerprint density at radius 3 is 2.54 bits per heavy atom. The predicted molar refractivity (Wildman–Crippen MR) is 93.9 cm³/mol. The van der Waals surface area contributed by atoms with Crippen LogP contribution in [0.25, 0.3) is 10.9 Å². The van der Waals surface area contributed by atoms with E-state index < -0.39 is 15.0 Å². The molecule has 0 aliphatic rings. The minimum Gasteiger partial charge on any atom is -0.495 e. The molecule has 0 bridgehead atoms. The summed E-state index contributed by atoms with van der Waals surface area (Å²) in [6.07, 6.45) is 0. The summed E-state index contributed by atoms with van der Waals surface area (Å²) < 4.78 is 35.6. The van der Waals surface area contributed by atoms with Crippen molar-refractivity contribution in [2.24, 2.45) is 0 Å². The molecule has 134 valence electrons. The normalized spacial score (nSPS) is 11.3. The zero-order valence-corrected chi connectivity index (χ0v) is 14.7. The first-order chi connectivity index (χ1) is 12.3. The van der Waals surface area contributed by atoms with Crippen LogP contribution in [0.5, 0.6) is 11.5 Å². The molecule has 26 heavy (non-hydrogen) atoms. The SMILES string of the molecule is COc1cc([N+](=O)[O-])ccc1S(=O)(=O)Oc1cccc2ccc(C)nc12. The van der Waals surface area contributed by atoms with Gasteiger partial charge in [0.1, 0.15) is 16.2 Å². The van der Waals surface area contributed by atoms with Gasteiger partial charge in [-0.2, -0.15) is 8.42 Å². The Morgan fingerprint density at radius 1 is 1.08 bits per heavy atom. The average Bonchev–Trinajstić information content (AvgIpc) is 2.61. The molecule has 0 saturated heterocycles. The van der Waals surface area contributed by atoms with Crippen LogP contribution in [0, 0.1) is 17.0 Å². The van der Waals surface area contributed by atoms with E-state index in [1.807, 2.05) is 6.07 Å². The summed E-state index contributed by atoms with van der Waals surface area (Å²) in [5.74, 6) is -0.116. The first-order valence-corrected chi connectivity index (χ1v) is 8.86. The van der Waals surface area contributed by atoms with E-state index in [0.717, 1.165) is 23.6 Å². The molecule has 0 N–H and O–H groups in total. The van der Waals surface area contributed by atoms with E-state index in [1.165, 1.54) is 13.2 Å². The highest BCUT2D eigenvalue weighted by atomic mass is 32.2. The molecule has 0 radical (unpaired) electrons. The number of nitro groups is 1. The zero-order chi connectivity index (χ0) is 18.9. The Bertz CT molecular complexity index is 1110. The standard InChI is InChI=1S/C17H14N2O6S/c1-11-6-7-12-4-3-5-14(17(12)18-11)25-26(22,23)16-9-8-13(19(20)21)10-15(16)24-2/h3-10H,1-2H3. The molecule has 0 aliphatic heterocycles. The van der Waals surface area contributed by atoms with Crippen LogP contribution in [-0.2, 0) is 10.1 Å². The van der Waals surface area contributed by atoms with Gasteiger partial charge in [-0.15, -0.1) is 0 Å². The minimum atomic E-state index is -4.29. The Balaban J connectivity index is 2.08. The maximum absolute atomic E-state index is 12.7. The van der Waals surface area contributed by atoms with Crippen molar-refractivity contribution in [2.75, 3.05) is 7.11 Å². The molecule has 0 atom stereocenters. The molecule has 0 spiro atoms. The number of aromatic nitrogens is 1. The average molecular weight is 374 g/mol. The van der Waals surface area contributed by atoms with Crippen molar-refractivity contribution < 1.29 is 22.3 Å². The van der Waals surface area contributed by atoms with Crippen molar-refractivity contribution >= 4 is 26.7 Å². The second-order valence-electron chi connectivity index (χ2n) is 5.41. The summed E-state index contributed by atoms with van der Waals surface area (Å²) in [7, 11) is -3.07. The number of ether oxygens (including phenoxy) is 1. The third kappa shape index (κ3) is 3.29. The van der Waals surface area contributed by atoms with Crippen molar-refractivity contribution in [1.82, 2.24) is 4.98 Å². The minimum absolute atomic E-state index is 0.0617. The predicted octanol–water partition coefficient (Wildman–Crippen LogP) is 3.23. The number of pyridine rings is 1. The number of nitro benzene ring substituents is 1. The van der Waals surface area contributed by atoms with Crippen LogP contribution in [0.1, 0.15) is 5.69 Å². The number of hydrogen-bond donors (Lipinski definition) is 0. The fourth-order valence-corrected chi connectivity index (χ4v) is 3.51. The van der Waals surface area contributed by atoms with Crippen LogP contribution in [0.3, 0.4) is 0 Å². The lowest BCUT2D eigenvalue weighted by Gasteiger charge is -2.12. The Kier molecular flexibility index (Phi) is 4.47. The maximum Gasteiger partial charge on any atom is 0.343 e. The van der Waals surface area contributed by atoms with E-state index in [0.29, 0.717) is 11.2 Å². The molecule has 0 amide bonds. The summed E-state index contributed by atoms with van der Waals surface area (Å²) in [4.78, 5) is 14.2. The second-order valence-corrected chi connectivity index (χ2v) is 6.92. The van der Waals surface area contributed by atoms with Gasteiger partial charge in [0.15, 0.2) is 5.75 Å². The van der Waals surface area contributed by atoms with Gasteiger partial charge in [0.2, 0.25) is 0 Å². The van der Waals surface area contributed by atoms with Crippen molar-refractivity contribution in [3.8, 4) is 11.5 Å². The number of fused-ring (bicyclic) bond motifs is 1. The lowest BCUT2D eigenvalue weighted by molar-refractivity contribution is -0.385. The molecule has 1 heterocycles. The molecule has 8 nitrogen and oxygen atoms in total. The van der Waals surface area contributed by atoms with Gasteiger partial charge in [-0.3, -0.25) is 10.1 Å². The largest absolute Gasteiger partial charge is 0.495 e. The van der Waals surface area contributed by atoms with Crippen molar-refractivity contribution in [2.45, 2.75) is 11.8 Å². The summed E-state index contributed by atoms with van der Waals surface area (Å²) in [5, 5.41) is 11.6. The number of nitrogens with zero attached hydrogens (tertiary/aromatic N) is 2.